The molecule has 100 valence electrons. The van der Waals surface area contributed by atoms with Crippen LogP contribution in [0.5, 0.6) is 5.75 Å². The van der Waals surface area contributed by atoms with Gasteiger partial charge in [0.1, 0.15) is 5.75 Å². The van der Waals surface area contributed by atoms with Crippen molar-refractivity contribution in [2.24, 2.45) is 0 Å². The normalized spacial score (nSPS) is 10.5. The SMILES string of the molecule is COc1ccc2c(Nc3cccc(C)c3)ccnc2c1. The maximum Gasteiger partial charge on any atom is 0.121 e. The fourth-order valence-electron chi connectivity index (χ4n) is 2.24. The highest BCUT2D eigenvalue weighted by molar-refractivity contribution is 5.93. The molecular weight excluding hydrogens is 248 g/mol. The summed E-state index contributed by atoms with van der Waals surface area (Å²) in [7, 11) is 1.66. The zero-order valence-corrected chi connectivity index (χ0v) is 11.6. The number of nitrogens with zero attached hydrogens (tertiary/aromatic N) is 1. The number of nitrogens with one attached hydrogen (secondary N) is 1. The summed E-state index contributed by atoms with van der Waals surface area (Å²) in [4.78, 5) is 4.39. The van der Waals surface area contributed by atoms with Gasteiger partial charge in [-0.3, -0.25) is 4.98 Å². The fraction of sp³-hybridized carbons (Fsp3) is 0.118. The average Bonchev–Trinajstić information content (AvgIpc) is 2.47. The molecule has 0 amide bonds. The molecule has 0 aliphatic heterocycles. The van der Waals surface area contributed by atoms with Gasteiger partial charge in [0, 0.05) is 29.0 Å². The van der Waals surface area contributed by atoms with Gasteiger partial charge in [-0.1, -0.05) is 12.1 Å². The van der Waals surface area contributed by atoms with Gasteiger partial charge in [0.15, 0.2) is 0 Å². The molecule has 0 radical (unpaired) electrons. The van der Waals surface area contributed by atoms with Crippen LogP contribution in [-0.2, 0) is 0 Å². The summed E-state index contributed by atoms with van der Waals surface area (Å²) >= 11 is 0. The first-order valence-corrected chi connectivity index (χ1v) is 6.53. The lowest BCUT2D eigenvalue weighted by Gasteiger charge is -2.10. The Labute approximate surface area is 118 Å². The van der Waals surface area contributed by atoms with Crippen molar-refractivity contribution >= 4 is 22.3 Å². The first kappa shape index (κ1) is 12.5. The van der Waals surface area contributed by atoms with E-state index < -0.39 is 0 Å². The molecule has 0 saturated heterocycles. The molecule has 20 heavy (non-hydrogen) atoms. The van der Waals surface area contributed by atoms with Gasteiger partial charge in [0.05, 0.1) is 12.6 Å². The predicted molar refractivity (Wildman–Crippen MR) is 82.8 cm³/mol. The molecule has 3 aromatic rings. The number of fused-ring (bicyclic) bond motifs is 1. The van der Waals surface area contributed by atoms with E-state index in [4.69, 9.17) is 4.74 Å². The summed E-state index contributed by atoms with van der Waals surface area (Å²) in [5.74, 6) is 0.817. The number of methoxy groups -OCH3 is 1. The van der Waals surface area contributed by atoms with Crippen molar-refractivity contribution in [1.29, 1.82) is 0 Å². The first-order chi connectivity index (χ1) is 9.76. The largest absolute Gasteiger partial charge is 0.497 e. The molecule has 3 heteroatoms. The van der Waals surface area contributed by atoms with Crippen molar-refractivity contribution in [3.05, 3.63) is 60.3 Å². The quantitative estimate of drug-likeness (QED) is 0.766. The highest BCUT2D eigenvalue weighted by Gasteiger charge is 2.04. The number of aromatic nitrogens is 1. The number of aryl methyl sites for hydroxylation is 1. The Balaban J connectivity index is 2.03. The minimum absolute atomic E-state index is 0.817. The lowest BCUT2D eigenvalue weighted by Crippen LogP contribution is -1.93. The van der Waals surface area contributed by atoms with Crippen LogP contribution in [0.15, 0.2) is 54.7 Å². The van der Waals surface area contributed by atoms with E-state index in [1.54, 1.807) is 13.3 Å². The second-order valence-electron chi connectivity index (χ2n) is 4.74. The molecule has 1 N–H and O–H groups in total. The second-order valence-corrected chi connectivity index (χ2v) is 4.74. The number of pyridine rings is 1. The van der Waals surface area contributed by atoms with Gasteiger partial charge < -0.3 is 10.1 Å². The second kappa shape index (κ2) is 5.21. The van der Waals surface area contributed by atoms with Crippen molar-refractivity contribution < 1.29 is 4.74 Å². The highest BCUT2D eigenvalue weighted by Crippen LogP contribution is 2.27. The Hall–Kier alpha value is -2.55. The number of ether oxygens (including phenoxy) is 1. The maximum atomic E-state index is 5.24. The van der Waals surface area contributed by atoms with Crippen LogP contribution in [0.2, 0.25) is 0 Å². The minimum atomic E-state index is 0.817. The zero-order valence-electron chi connectivity index (χ0n) is 11.6. The van der Waals surface area contributed by atoms with E-state index in [0.717, 1.165) is 28.0 Å². The summed E-state index contributed by atoms with van der Waals surface area (Å²) in [6, 6.07) is 16.2. The Morgan fingerprint density at radius 2 is 1.95 bits per heavy atom. The molecule has 0 aliphatic rings. The van der Waals surface area contributed by atoms with E-state index in [2.05, 4.69) is 35.4 Å². The Kier molecular flexibility index (Phi) is 3.25. The molecule has 3 rings (SSSR count). The molecular formula is C17H16N2O. The third kappa shape index (κ3) is 2.43. The monoisotopic (exact) mass is 264 g/mol. The smallest absolute Gasteiger partial charge is 0.121 e. The van der Waals surface area contributed by atoms with Crippen LogP contribution in [0, 0.1) is 6.92 Å². The first-order valence-electron chi connectivity index (χ1n) is 6.53. The highest BCUT2D eigenvalue weighted by atomic mass is 16.5. The van der Waals surface area contributed by atoms with Crippen LogP contribution in [-0.4, -0.2) is 12.1 Å². The molecule has 3 nitrogen and oxygen atoms in total. The third-order valence-electron chi connectivity index (χ3n) is 3.25. The third-order valence-corrected chi connectivity index (χ3v) is 3.25. The summed E-state index contributed by atoms with van der Waals surface area (Å²) < 4.78 is 5.24. The zero-order chi connectivity index (χ0) is 13.9. The maximum absolute atomic E-state index is 5.24. The van der Waals surface area contributed by atoms with Gasteiger partial charge in [0.2, 0.25) is 0 Å². The van der Waals surface area contributed by atoms with Gasteiger partial charge in [-0.2, -0.15) is 0 Å². The molecule has 0 aliphatic carbocycles. The van der Waals surface area contributed by atoms with Crippen LogP contribution >= 0.6 is 0 Å². The van der Waals surface area contributed by atoms with Crippen LogP contribution in [0.3, 0.4) is 0 Å². The Morgan fingerprint density at radius 1 is 1.05 bits per heavy atom. The van der Waals surface area contributed by atoms with Gasteiger partial charge in [-0.05, 0) is 42.8 Å². The molecule has 0 unspecified atom stereocenters. The van der Waals surface area contributed by atoms with Crippen molar-refractivity contribution in [1.82, 2.24) is 4.98 Å². The Morgan fingerprint density at radius 3 is 2.75 bits per heavy atom. The molecule has 1 aromatic heterocycles. The van der Waals surface area contributed by atoms with Crippen molar-refractivity contribution in [2.75, 3.05) is 12.4 Å². The van der Waals surface area contributed by atoms with Crippen LogP contribution in [0.4, 0.5) is 11.4 Å². The number of hydrogen-bond donors (Lipinski definition) is 1. The summed E-state index contributed by atoms with van der Waals surface area (Å²) in [6.07, 6.45) is 1.81. The number of rotatable bonds is 3. The Bertz CT molecular complexity index is 753. The van der Waals surface area contributed by atoms with E-state index >= 15 is 0 Å². The number of anilines is 2. The van der Waals surface area contributed by atoms with Gasteiger partial charge in [-0.25, -0.2) is 0 Å². The van der Waals surface area contributed by atoms with E-state index in [9.17, 15) is 0 Å². The standard InChI is InChI=1S/C17H16N2O/c1-12-4-3-5-13(10-12)19-16-8-9-18-17-11-14(20-2)6-7-15(16)17/h3-11H,1-2H3,(H,18,19). The number of hydrogen-bond acceptors (Lipinski definition) is 3. The van der Waals surface area contributed by atoms with Crippen molar-refractivity contribution in [2.45, 2.75) is 6.92 Å². The van der Waals surface area contributed by atoms with Crippen molar-refractivity contribution in [3.8, 4) is 5.75 Å². The molecule has 0 saturated carbocycles. The molecule has 2 aromatic carbocycles. The van der Waals surface area contributed by atoms with Gasteiger partial charge in [-0.15, -0.1) is 0 Å². The van der Waals surface area contributed by atoms with Crippen LogP contribution in [0.1, 0.15) is 5.56 Å². The van der Waals surface area contributed by atoms with Gasteiger partial charge >= 0.3 is 0 Å². The van der Waals surface area contributed by atoms with Crippen LogP contribution in [0.25, 0.3) is 10.9 Å². The summed E-state index contributed by atoms with van der Waals surface area (Å²) in [6.45, 7) is 2.08. The lowest BCUT2D eigenvalue weighted by molar-refractivity contribution is 0.415. The molecule has 0 bridgehead atoms. The number of benzene rings is 2. The van der Waals surface area contributed by atoms with E-state index in [1.807, 2.05) is 30.3 Å². The summed E-state index contributed by atoms with van der Waals surface area (Å²) in [5.41, 5.74) is 4.27. The molecule has 0 fully saturated rings. The van der Waals surface area contributed by atoms with E-state index in [1.165, 1.54) is 5.56 Å². The van der Waals surface area contributed by atoms with Gasteiger partial charge in [0.25, 0.3) is 0 Å². The molecule has 1 heterocycles. The van der Waals surface area contributed by atoms with E-state index in [-0.39, 0.29) is 0 Å². The topological polar surface area (TPSA) is 34.1 Å². The average molecular weight is 264 g/mol. The molecule has 0 spiro atoms. The van der Waals surface area contributed by atoms with Crippen molar-refractivity contribution in [3.63, 3.8) is 0 Å². The lowest BCUT2D eigenvalue weighted by atomic mass is 10.1. The predicted octanol–water partition coefficient (Wildman–Crippen LogP) is 4.30. The minimum Gasteiger partial charge on any atom is -0.497 e. The molecule has 0 atom stereocenters. The van der Waals surface area contributed by atoms with E-state index in [0.29, 0.717) is 0 Å². The fourth-order valence-corrected chi connectivity index (χ4v) is 2.24. The van der Waals surface area contributed by atoms with Crippen LogP contribution < -0.4 is 10.1 Å². The summed E-state index contributed by atoms with van der Waals surface area (Å²) in [5, 5.41) is 4.52.